The molecule has 0 spiro atoms. The van der Waals surface area contributed by atoms with Gasteiger partial charge in [-0.3, -0.25) is 0 Å². The van der Waals surface area contributed by atoms with Crippen molar-refractivity contribution >= 4 is 70.9 Å². The van der Waals surface area contributed by atoms with Crippen molar-refractivity contribution in [1.82, 2.24) is 0 Å². The smallest absolute Gasteiger partial charge is 0.0543 e. The van der Waals surface area contributed by atoms with E-state index in [1.807, 2.05) is 0 Å². The molecular weight excluding hydrogens is 879 g/mol. The number of aryl methyl sites for hydroxylation is 4. The molecule has 2 aliphatic rings. The van der Waals surface area contributed by atoms with E-state index >= 15 is 0 Å². The largest absolute Gasteiger partial charge is 0.309 e. The maximum atomic E-state index is 2.60. The highest BCUT2D eigenvalue weighted by Gasteiger charge is 2.43. The lowest BCUT2D eigenvalue weighted by Gasteiger charge is -2.32. The van der Waals surface area contributed by atoms with Crippen LogP contribution in [0.15, 0.2) is 200 Å². The van der Waals surface area contributed by atoms with E-state index in [9.17, 15) is 0 Å². The van der Waals surface area contributed by atoms with Gasteiger partial charge < -0.3 is 4.90 Å². The zero-order valence-electron chi connectivity index (χ0n) is 43.0. The van der Waals surface area contributed by atoms with Gasteiger partial charge >= 0.3 is 0 Å². The third-order valence-electron chi connectivity index (χ3n) is 17.1. The van der Waals surface area contributed by atoms with Crippen LogP contribution < -0.4 is 4.90 Å². The predicted octanol–water partition coefficient (Wildman–Crippen LogP) is 20.1. The normalized spacial score (nSPS) is 14.0. The van der Waals surface area contributed by atoms with E-state index in [2.05, 4.69) is 260 Å². The van der Waals surface area contributed by atoms with Gasteiger partial charge in [0.05, 0.1) is 5.69 Å². The van der Waals surface area contributed by atoms with Crippen molar-refractivity contribution in [3.8, 4) is 44.5 Å². The molecule has 1 heteroatoms. The lowest BCUT2D eigenvalue weighted by atomic mass is 9.78. The first-order chi connectivity index (χ1) is 35.4. The summed E-state index contributed by atoms with van der Waals surface area (Å²) < 4.78 is 0. The molecule has 73 heavy (non-hydrogen) atoms. The van der Waals surface area contributed by atoms with Gasteiger partial charge in [0, 0.05) is 27.6 Å². The van der Waals surface area contributed by atoms with Gasteiger partial charge in [-0.2, -0.15) is 0 Å². The number of hydrogen-bond donors (Lipinski definition) is 0. The zero-order chi connectivity index (χ0) is 49.7. The predicted molar refractivity (Wildman–Crippen MR) is 314 cm³/mol. The summed E-state index contributed by atoms with van der Waals surface area (Å²) in [5, 5.41) is 12.7. The molecule has 14 rings (SSSR count). The van der Waals surface area contributed by atoms with E-state index < -0.39 is 0 Å². The summed E-state index contributed by atoms with van der Waals surface area (Å²) in [4.78, 5) is 2.54. The van der Waals surface area contributed by atoms with Gasteiger partial charge in [-0.15, -0.1) is 0 Å². The average molecular weight is 936 g/mol. The highest BCUT2D eigenvalue weighted by atomic mass is 15.1. The lowest BCUT2D eigenvalue weighted by molar-refractivity contribution is 0.652. The molecule has 350 valence electrons. The molecule has 0 atom stereocenters. The monoisotopic (exact) mass is 935 g/mol. The van der Waals surface area contributed by atoms with Crippen molar-refractivity contribution in [3.05, 3.63) is 245 Å². The molecule has 0 bridgehead atoms. The van der Waals surface area contributed by atoms with Crippen LogP contribution in [0, 0.1) is 27.7 Å². The first-order valence-electron chi connectivity index (χ1n) is 26.1. The Morgan fingerprint density at radius 2 is 0.795 bits per heavy atom. The Hall–Kier alpha value is -8.26. The minimum Gasteiger partial charge on any atom is -0.309 e. The minimum atomic E-state index is -0.286. The number of hydrogen-bond acceptors (Lipinski definition) is 1. The molecule has 1 nitrogen and oxygen atoms in total. The Labute approximate surface area is 429 Å². The van der Waals surface area contributed by atoms with Gasteiger partial charge in [-0.1, -0.05) is 190 Å². The summed E-state index contributed by atoms with van der Waals surface area (Å²) in [6.45, 7) is 18.8. The Bertz CT molecular complexity index is 4310. The number of nitrogens with zero attached hydrogens (tertiary/aromatic N) is 1. The van der Waals surface area contributed by atoms with Crippen molar-refractivity contribution in [1.29, 1.82) is 0 Å². The van der Waals surface area contributed by atoms with Crippen LogP contribution in [0.2, 0.25) is 0 Å². The molecule has 0 aliphatic heterocycles. The fraction of sp³-hybridized carbons (Fsp3) is 0.139. The van der Waals surface area contributed by atoms with Crippen LogP contribution in [0.1, 0.15) is 72.2 Å². The second kappa shape index (κ2) is 15.6. The first-order valence-corrected chi connectivity index (χ1v) is 26.1. The molecule has 2 aliphatic carbocycles. The van der Waals surface area contributed by atoms with Crippen LogP contribution >= 0.6 is 0 Å². The third kappa shape index (κ3) is 6.28. The molecule has 0 amide bonds. The Kier molecular flexibility index (Phi) is 9.31. The van der Waals surface area contributed by atoms with Crippen molar-refractivity contribution in [3.63, 3.8) is 0 Å². The quantitative estimate of drug-likeness (QED) is 0.155. The summed E-state index contributed by atoms with van der Waals surface area (Å²) in [5.74, 6) is 0. The van der Waals surface area contributed by atoms with E-state index in [1.54, 1.807) is 0 Å². The van der Waals surface area contributed by atoms with Crippen LogP contribution in [0.4, 0.5) is 17.1 Å². The molecule has 0 radical (unpaired) electrons. The second-order valence-corrected chi connectivity index (χ2v) is 22.3. The van der Waals surface area contributed by atoms with E-state index in [4.69, 9.17) is 0 Å². The first kappa shape index (κ1) is 43.5. The SMILES string of the molecule is Cc1ccc(N(c2ccc(C)cc2C)c2cc3c(c4ccccc24)-c2cc4c(cc2C3(C)C)-c2cc3c(-c5cccc6ccccc56)c5ccccc5c(-c5ccc6ccccc6c5)c3cc2C4(C)C)c(C)c1. The molecule has 0 N–H and O–H groups in total. The molecular formula is C72H57N. The fourth-order valence-corrected chi connectivity index (χ4v) is 13.5. The molecule has 0 unspecified atom stereocenters. The third-order valence-corrected chi connectivity index (χ3v) is 17.1. The standard InChI is InChI=1S/C72H57N/c1-42-28-32-65(44(3)34-42)73(66-33-29-43(2)35-45(66)4)67-41-64-70(53-24-14-13-23-51(53)67)60-40-62-57(38-63(60)72(64,7)8)56-37-58-59(39-61(56)71(62,5)6)68(49-31-30-46-18-9-10-20-48(46)36-49)54-25-15-16-26-55(54)69(58)52-27-17-21-47-19-11-12-22-50(47)52/h9-41H,1-8H3. The number of fused-ring (bicyclic) bond motifs is 12. The summed E-state index contributed by atoms with van der Waals surface area (Å²) >= 11 is 0. The summed E-state index contributed by atoms with van der Waals surface area (Å²) in [7, 11) is 0. The van der Waals surface area contributed by atoms with Crippen LogP contribution in [-0.4, -0.2) is 0 Å². The van der Waals surface area contributed by atoms with E-state index in [0.717, 1.165) is 0 Å². The van der Waals surface area contributed by atoms with Crippen molar-refractivity contribution in [2.75, 3.05) is 4.90 Å². The van der Waals surface area contributed by atoms with Gasteiger partial charge in [0.2, 0.25) is 0 Å². The van der Waals surface area contributed by atoms with Gasteiger partial charge in [0.25, 0.3) is 0 Å². The Morgan fingerprint density at radius 1 is 0.288 bits per heavy atom. The van der Waals surface area contributed by atoms with Crippen molar-refractivity contribution in [2.24, 2.45) is 0 Å². The Balaban J connectivity index is 1.04. The van der Waals surface area contributed by atoms with Crippen LogP contribution in [0.5, 0.6) is 0 Å². The summed E-state index contributed by atoms with van der Waals surface area (Å²) in [5.41, 5.74) is 24.2. The molecule has 0 fully saturated rings. The van der Waals surface area contributed by atoms with Crippen LogP contribution in [0.3, 0.4) is 0 Å². The molecule has 0 saturated carbocycles. The van der Waals surface area contributed by atoms with Gasteiger partial charge in [-0.05, 0) is 203 Å². The zero-order valence-corrected chi connectivity index (χ0v) is 43.0. The van der Waals surface area contributed by atoms with Gasteiger partial charge in [-0.25, -0.2) is 0 Å². The topological polar surface area (TPSA) is 3.24 Å². The highest BCUT2D eigenvalue weighted by molar-refractivity contribution is 6.25. The molecule has 0 saturated heterocycles. The molecule has 0 aromatic heterocycles. The highest BCUT2D eigenvalue weighted by Crippen LogP contribution is 2.60. The minimum absolute atomic E-state index is 0.273. The van der Waals surface area contributed by atoms with Gasteiger partial charge in [0.1, 0.15) is 0 Å². The maximum Gasteiger partial charge on any atom is 0.0543 e. The number of anilines is 3. The van der Waals surface area contributed by atoms with Gasteiger partial charge in [0.15, 0.2) is 0 Å². The molecule has 12 aromatic rings. The summed E-state index contributed by atoms with van der Waals surface area (Å²) in [6, 6.07) is 76.6. The van der Waals surface area contributed by atoms with E-state index in [0.29, 0.717) is 0 Å². The average Bonchev–Trinajstić information content (AvgIpc) is 3.76. The lowest BCUT2D eigenvalue weighted by Crippen LogP contribution is -2.18. The molecule has 12 aromatic carbocycles. The second-order valence-electron chi connectivity index (χ2n) is 22.3. The van der Waals surface area contributed by atoms with Crippen molar-refractivity contribution < 1.29 is 0 Å². The van der Waals surface area contributed by atoms with E-state index in [-0.39, 0.29) is 10.8 Å². The van der Waals surface area contributed by atoms with Crippen LogP contribution in [0.25, 0.3) is 98.4 Å². The molecule has 0 heterocycles. The van der Waals surface area contributed by atoms with E-state index in [1.165, 1.54) is 160 Å². The Morgan fingerprint density at radius 3 is 1.48 bits per heavy atom. The summed E-state index contributed by atoms with van der Waals surface area (Å²) in [6.07, 6.45) is 0. The van der Waals surface area contributed by atoms with Crippen LogP contribution in [-0.2, 0) is 10.8 Å². The number of benzene rings is 12. The van der Waals surface area contributed by atoms with Crippen molar-refractivity contribution in [2.45, 2.75) is 66.2 Å². The fourth-order valence-electron chi connectivity index (χ4n) is 13.5. The number of rotatable bonds is 5. The maximum absolute atomic E-state index is 2.60.